The highest BCUT2D eigenvalue weighted by Gasteiger charge is 2.52. The van der Waals surface area contributed by atoms with Crippen molar-refractivity contribution in [2.45, 2.75) is 37.6 Å². The normalized spacial score (nSPS) is 17.5. The third-order valence-electron chi connectivity index (χ3n) is 4.75. The first-order valence-corrected chi connectivity index (χ1v) is 8.44. The predicted octanol–water partition coefficient (Wildman–Crippen LogP) is 2.37. The van der Waals surface area contributed by atoms with Crippen molar-refractivity contribution in [3.8, 4) is 17.4 Å². The van der Waals surface area contributed by atoms with E-state index in [2.05, 4.69) is 15.3 Å². The zero-order valence-corrected chi connectivity index (χ0v) is 14.0. The van der Waals surface area contributed by atoms with Crippen molar-refractivity contribution in [2.24, 2.45) is 5.73 Å². The number of hydrogen-bond acceptors (Lipinski definition) is 6. The lowest BCUT2D eigenvalue weighted by Gasteiger charge is -2.12. The molecule has 4 rings (SSSR count). The van der Waals surface area contributed by atoms with E-state index >= 15 is 0 Å². The fourth-order valence-corrected chi connectivity index (χ4v) is 3.02. The van der Waals surface area contributed by atoms with Crippen molar-refractivity contribution in [1.82, 2.24) is 9.97 Å². The van der Waals surface area contributed by atoms with Crippen LogP contribution in [0.2, 0.25) is 0 Å². The Hall–Kier alpha value is -2.67. The van der Waals surface area contributed by atoms with Crippen LogP contribution in [0, 0.1) is 0 Å². The third-order valence-corrected chi connectivity index (χ3v) is 4.75. The Morgan fingerprint density at radius 1 is 1.40 bits per heavy atom. The Labute approximate surface area is 145 Å². The van der Waals surface area contributed by atoms with E-state index in [-0.39, 0.29) is 11.3 Å². The molecule has 3 N–H and O–H groups in total. The molecule has 25 heavy (non-hydrogen) atoms. The van der Waals surface area contributed by atoms with Crippen LogP contribution in [0.3, 0.4) is 0 Å². The largest absolute Gasteiger partial charge is 0.492 e. The number of carbonyl (C=O) groups is 1. The summed E-state index contributed by atoms with van der Waals surface area (Å²) < 4.78 is 11.7. The van der Waals surface area contributed by atoms with Crippen LogP contribution in [0.1, 0.15) is 31.7 Å². The first kappa shape index (κ1) is 15.8. The number of aromatic nitrogens is 2. The van der Waals surface area contributed by atoms with Crippen LogP contribution >= 0.6 is 0 Å². The number of amides is 1. The smallest absolute Gasteiger partial charge is 0.242 e. The van der Waals surface area contributed by atoms with Crippen molar-refractivity contribution < 1.29 is 14.3 Å². The van der Waals surface area contributed by atoms with Gasteiger partial charge in [0.1, 0.15) is 11.5 Å². The highest BCUT2D eigenvalue weighted by Crippen LogP contribution is 2.58. The molecular weight excluding hydrogens is 320 g/mol. The van der Waals surface area contributed by atoms with E-state index in [0.29, 0.717) is 18.1 Å². The van der Waals surface area contributed by atoms with Gasteiger partial charge in [0, 0.05) is 11.0 Å². The Balaban J connectivity index is 1.50. The second kappa shape index (κ2) is 6.00. The third kappa shape index (κ3) is 2.91. The number of carbonyl (C=O) groups excluding carboxylic acids is 1. The van der Waals surface area contributed by atoms with Crippen LogP contribution in [0.15, 0.2) is 30.6 Å². The number of hydrogen-bond donors (Lipinski definition) is 2. The van der Waals surface area contributed by atoms with Crippen LogP contribution in [-0.4, -0.2) is 28.5 Å². The number of benzene rings is 1. The van der Waals surface area contributed by atoms with E-state index in [4.69, 9.17) is 15.2 Å². The maximum atomic E-state index is 11.8. The summed E-state index contributed by atoms with van der Waals surface area (Å²) in [5.74, 6) is 2.08. The summed E-state index contributed by atoms with van der Waals surface area (Å²) in [4.78, 5) is 20.2. The molecule has 1 amide bonds. The molecule has 1 unspecified atom stereocenters. The Kier molecular flexibility index (Phi) is 3.80. The standard InChI is InChI=1S/C18H20N4O3/c1-2-11(19)17(23)22-14-8-21-15(9-20-14)25-13-5-3-4-12-16(13)18(6-7-18)10-24-12/h3-5,8-9,11H,2,6-7,10,19H2,1H3,(H,20,22,23). The summed E-state index contributed by atoms with van der Waals surface area (Å²) in [5, 5.41) is 2.64. The molecule has 130 valence electrons. The number of nitrogens with two attached hydrogens (primary N) is 1. The topological polar surface area (TPSA) is 99.4 Å². The zero-order chi connectivity index (χ0) is 17.4. The molecule has 1 atom stereocenters. The zero-order valence-electron chi connectivity index (χ0n) is 14.0. The van der Waals surface area contributed by atoms with E-state index in [1.54, 1.807) is 0 Å². The second-order valence-corrected chi connectivity index (χ2v) is 6.54. The fourth-order valence-electron chi connectivity index (χ4n) is 3.02. The Morgan fingerprint density at radius 2 is 2.24 bits per heavy atom. The van der Waals surface area contributed by atoms with Gasteiger partial charge in [-0.2, -0.15) is 0 Å². The van der Waals surface area contributed by atoms with Crippen LogP contribution in [0.5, 0.6) is 17.4 Å². The summed E-state index contributed by atoms with van der Waals surface area (Å²) in [7, 11) is 0. The molecule has 2 heterocycles. The van der Waals surface area contributed by atoms with Gasteiger partial charge in [-0.3, -0.25) is 4.79 Å². The maximum Gasteiger partial charge on any atom is 0.242 e. The molecule has 0 bridgehead atoms. The molecule has 1 spiro atoms. The SMILES string of the molecule is CCC(N)C(=O)Nc1cnc(Oc2cccc3c2C2(CC2)CO3)cn1. The van der Waals surface area contributed by atoms with E-state index in [0.717, 1.165) is 36.5 Å². The number of fused-ring (bicyclic) bond motifs is 2. The lowest BCUT2D eigenvalue weighted by Crippen LogP contribution is -2.35. The molecule has 1 aliphatic heterocycles. The van der Waals surface area contributed by atoms with Crippen LogP contribution in [-0.2, 0) is 10.2 Å². The first-order chi connectivity index (χ1) is 12.1. The van der Waals surface area contributed by atoms with Gasteiger partial charge in [0.15, 0.2) is 5.82 Å². The summed E-state index contributed by atoms with van der Waals surface area (Å²) >= 11 is 0. The lowest BCUT2D eigenvalue weighted by atomic mass is 9.97. The van der Waals surface area contributed by atoms with Crippen molar-refractivity contribution >= 4 is 11.7 Å². The van der Waals surface area contributed by atoms with E-state index in [1.165, 1.54) is 12.4 Å². The minimum Gasteiger partial charge on any atom is -0.492 e. The Morgan fingerprint density at radius 3 is 2.92 bits per heavy atom. The molecule has 1 aromatic carbocycles. The molecule has 1 aromatic heterocycles. The van der Waals surface area contributed by atoms with Gasteiger partial charge in [-0.1, -0.05) is 13.0 Å². The number of nitrogens with one attached hydrogen (secondary N) is 1. The minimum atomic E-state index is -0.556. The number of rotatable bonds is 5. The molecular formula is C18H20N4O3. The van der Waals surface area contributed by atoms with Crippen molar-refractivity contribution in [2.75, 3.05) is 11.9 Å². The van der Waals surface area contributed by atoms with Crippen molar-refractivity contribution in [3.05, 3.63) is 36.2 Å². The Bertz CT molecular complexity index is 802. The average Bonchev–Trinajstić information content (AvgIpc) is 3.31. The number of anilines is 1. The highest BCUT2D eigenvalue weighted by atomic mass is 16.5. The van der Waals surface area contributed by atoms with Gasteiger partial charge in [0.05, 0.1) is 25.0 Å². The van der Waals surface area contributed by atoms with E-state index < -0.39 is 6.04 Å². The quantitative estimate of drug-likeness (QED) is 0.867. The predicted molar refractivity (Wildman–Crippen MR) is 91.9 cm³/mol. The number of ether oxygens (including phenoxy) is 2. The van der Waals surface area contributed by atoms with E-state index in [9.17, 15) is 4.79 Å². The van der Waals surface area contributed by atoms with Crippen LogP contribution in [0.25, 0.3) is 0 Å². The van der Waals surface area contributed by atoms with Gasteiger partial charge in [-0.05, 0) is 31.4 Å². The first-order valence-electron chi connectivity index (χ1n) is 8.44. The van der Waals surface area contributed by atoms with Crippen LogP contribution < -0.4 is 20.5 Å². The monoisotopic (exact) mass is 340 g/mol. The van der Waals surface area contributed by atoms with Crippen LogP contribution in [0.4, 0.5) is 5.82 Å². The lowest BCUT2D eigenvalue weighted by molar-refractivity contribution is -0.117. The molecule has 7 nitrogen and oxygen atoms in total. The van der Waals surface area contributed by atoms with Gasteiger partial charge in [-0.25, -0.2) is 9.97 Å². The molecule has 0 saturated heterocycles. The summed E-state index contributed by atoms with van der Waals surface area (Å²) in [6.07, 6.45) is 5.75. The molecule has 2 aliphatic rings. The summed E-state index contributed by atoms with van der Waals surface area (Å²) in [6.45, 7) is 2.57. The molecule has 1 aliphatic carbocycles. The van der Waals surface area contributed by atoms with Gasteiger partial charge in [-0.15, -0.1) is 0 Å². The molecule has 1 fully saturated rings. The molecule has 1 saturated carbocycles. The second-order valence-electron chi connectivity index (χ2n) is 6.54. The van der Waals surface area contributed by atoms with Gasteiger partial charge in [0.25, 0.3) is 0 Å². The van der Waals surface area contributed by atoms with Gasteiger partial charge in [0.2, 0.25) is 11.8 Å². The fraction of sp³-hybridized carbons (Fsp3) is 0.389. The van der Waals surface area contributed by atoms with Gasteiger partial charge >= 0.3 is 0 Å². The minimum absolute atomic E-state index is 0.115. The average molecular weight is 340 g/mol. The molecule has 7 heteroatoms. The molecule has 2 aromatic rings. The summed E-state index contributed by atoms with van der Waals surface area (Å²) in [5.41, 5.74) is 6.93. The summed E-state index contributed by atoms with van der Waals surface area (Å²) in [6, 6.07) is 5.24. The number of nitrogens with zero attached hydrogens (tertiary/aromatic N) is 2. The maximum absolute atomic E-state index is 11.8. The van der Waals surface area contributed by atoms with Gasteiger partial charge < -0.3 is 20.5 Å². The van der Waals surface area contributed by atoms with Crippen molar-refractivity contribution in [1.29, 1.82) is 0 Å². The van der Waals surface area contributed by atoms with E-state index in [1.807, 2.05) is 25.1 Å². The molecule has 0 radical (unpaired) electrons. The van der Waals surface area contributed by atoms with Crippen molar-refractivity contribution in [3.63, 3.8) is 0 Å². The highest BCUT2D eigenvalue weighted by molar-refractivity contribution is 5.93.